The van der Waals surface area contributed by atoms with Crippen molar-refractivity contribution in [3.8, 4) is 5.75 Å². The zero-order valence-electron chi connectivity index (χ0n) is 16.1. The van der Waals surface area contributed by atoms with E-state index in [-0.39, 0.29) is 5.78 Å². The monoisotopic (exact) mass is 385 g/mol. The van der Waals surface area contributed by atoms with E-state index >= 15 is 0 Å². The Labute approximate surface area is 163 Å². The summed E-state index contributed by atoms with van der Waals surface area (Å²) in [6.07, 6.45) is 0. The summed E-state index contributed by atoms with van der Waals surface area (Å²) in [5.41, 5.74) is 2.07. The predicted octanol–water partition coefficient (Wildman–Crippen LogP) is 3.23. The highest BCUT2D eigenvalue weighted by Gasteiger charge is 2.14. The van der Waals surface area contributed by atoms with Crippen LogP contribution in [0.25, 0.3) is 0 Å². The van der Waals surface area contributed by atoms with Crippen LogP contribution in [0.4, 0.5) is 5.69 Å². The van der Waals surface area contributed by atoms with Gasteiger partial charge in [-0.1, -0.05) is 0 Å². The van der Waals surface area contributed by atoms with Gasteiger partial charge >= 0.3 is 5.97 Å². The molecule has 7 nitrogen and oxygen atoms in total. The largest absolute Gasteiger partial charge is 0.496 e. The molecule has 0 saturated heterocycles. The number of ether oxygens (including phenoxy) is 3. The van der Waals surface area contributed by atoms with Gasteiger partial charge in [0.1, 0.15) is 5.75 Å². The van der Waals surface area contributed by atoms with Gasteiger partial charge in [0.05, 0.1) is 19.3 Å². The number of Topliss-reactive ketones (excluding diaryl/α,β-unsaturated/α-hetero) is 1. The molecule has 0 spiro atoms. The fourth-order valence-electron chi connectivity index (χ4n) is 2.43. The zero-order chi connectivity index (χ0) is 20.5. The van der Waals surface area contributed by atoms with E-state index in [2.05, 4.69) is 5.32 Å². The van der Waals surface area contributed by atoms with Crippen LogP contribution < -0.4 is 10.1 Å². The third kappa shape index (κ3) is 5.92. The van der Waals surface area contributed by atoms with E-state index in [1.54, 1.807) is 42.5 Å². The molecule has 1 N–H and O–H groups in total. The Bertz CT molecular complexity index is 844. The third-order valence-corrected chi connectivity index (χ3v) is 3.89. The summed E-state index contributed by atoms with van der Waals surface area (Å²) in [5.74, 6) is -0.554. The molecule has 2 aromatic carbocycles. The Morgan fingerprint density at radius 1 is 1.00 bits per heavy atom. The maximum atomic E-state index is 12.2. The fraction of sp³-hybridized carbons (Fsp3) is 0.286. The molecule has 0 heterocycles. The number of esters is 1. The second-order valence-corrected chi connectivity index (χ2v) is 5.92. The number of rotatable bonds is 9. The summed E-state index contributed by atoms with van der Waals surface area (Å²) < 4.78 is 15.7. The lowest BCUT2D eigenvalue weighted by atomic mass is 10.1. The number of hydrogen-bond acceptors (Lipinski definition) is 6. The van der Waals surface area contributed by atoms with E-state index in [4.69, 9.17) is 14.2 Å². The highest BCUT2D eigenvalue weighted by molar-refractivity contribution is 5.97. The van der Waals surface area contributed by atoms with Crippen molar-refractivity contribution < 1.29 is 28.6 Å². The molecule has 2 rings (SSSR count). The van der Waals surface area contributed by atoms with E-state index in [0.717, 1.165) is 0 Å². The van der Waals surface area contributed by atoms with Crippen molar-refractivity contribution in [2.24, 2.45) is 0 Å². The van der Waals surface area contributed by atoms with Gasteiger partial charge in [-0.3, -0.25) is 9.59 Å². The summed E-state index contributed by atoms with van der Waals surface area (Å²) in [7, 11) is 1.54. The molecule has 0 radical (unpaired) electrons. The highest BCUT2D eigenvalue weighted by Crippen LogP contribution is 2.21. The quantitative estimate of drug-likeness (QED) is 0.526. The molecule has 0 aromatic heterocycles. The van der Waals surface area contributed by atoms with E-state index in [0.29, 0.717) is 41.3 Å². The maximum absolute atomic E-state index is 12.2. The Hall–Kier alpha value is -3.19. The molecule has 1 amide bonds. The number of methoxy groups -OCH3 is 1. The molecule has 0 fully saturated rings. The van der Waals surface area contributed by atoms with Gasteiger partial charge in [0.15, 0.2) is 12.4 Å². The molecule has 0 aliphatic rings. The van der Waals surface area contributed by atoms with Crippen LogP contribution in [-0.4, -0.2) is 38.0 Å². The minimum atomic E-state index is -0.623. The fourth-order valence-corrected chi connectivity index (χ4v) is 2.43. The molecule has 0 aliphatic heterocycles. The molecular formula is C21H23NO6. The number of hydrogen-bond donors (Lipinski definition) is 1. The van der Waals surface area contributed by atoms with Crippen LogP contribution in [0.15, 0.2) is 42.5 Å². The maximum Gasteiger partial charge on any atom is 0.338 e. The summed E-state index contributed by atoms with van der Waals surface area (Å²) in [4.78, 5) is 35.5. The SMILES string of the molecule is CCOCc1cc(C(=O)OCC(=O)Nc2ccc(C(C)=O)cc2)ccc1OC. The average molecular weight is 385 g/mol. The standard InChI is InChI=1S/C21H23NO6/c1-4-27-12-17-11-16(7-10-19(17)26-3)21(25)28-13-20(24)22-18-8-5-15(6-9-18)14(2)23/h5-11H,4,12-13H2,1-3H3,(H,22,24). The van der Waals surface area contributed by atoms with Gasteiger partial charge < -0.3 is 19.5 Å². The van der Waals surface area contributed by atoms with Crippen LogP contribution in [0.3, 0.4) is 0 Å². The van der Waals surface area contributed by atoms with Crippen molar-refractivity contribution in [3.63, 3.8) is 0 Å². The van der Waals surface area contributed by atoms with Crippen molar-refractivity contribution >= 4 is 23.3 Å². The van der Waals surface area contributed by atoms with Crippen molar-refractivity contribution in [2.45, 2.75) is 20.5 Å². The topological polar surface area (TPSA) is 90.9 Å². The number of nitrogens with one attached hydrogen (secondary N) is 1. The summed E-state index contributed by atoms with van der Waals surface area (Å²) in [6.45, 7) is 3.74. The van der Waals surface area contributed by atoms with Crippen molar-refractivity contribution in [1.82, 2.24) is 0 Å². The van der Waals surface area contributed by atoms with Crippen LogP contribution in [0, 0.1) is 0 Å². The van der Waals surface area contributed by atoms with Crippen LogP contribution in [0.2, 0.25) is 0 Å². The van der Waals surface area contributed by atoms with Crippen LogP contribution >= 0.6 is 0 Å². The van der Waals surface area contributed by atoms with E-state index in [9.17, 15) is 14.4 Å². The first kappa shape index (κ1) is 21.1. The number of benzene rings is 2. The van der Waals surface area contributed by atoms with Gasteiger partial charge in [0, 0.05) is 23.4 Å². The van der Waals surface area contributed by atoms with E-state index in [1.165, 1.54) is 14.0 Å². The van der Waals surface area contributed by atoms with Gasteiger partial charge in [-0.2, -0.15) is 0 Å². The first-order valence-electron chi connectivity index (χ1n) is 8.77. The molecular weight excluding hydrogens is 362 g/mol. The van der Waals surface area contributed by atoms with Crippen molar-refractivity contribution in [3.05, 3.63) is 59.2 Å². The van der Waals surface area contributed by atoms with Gasteiger partial charge in [0.2, 0.25) is 0 Å². The Balaban J connectivity index is 1.93. The Kier molecular flexibility index (Phi) is 7.71. The molecule has 2 aromatic rings. The number of carbonyl (C=O) groups is 3. The summed E-state index contributed by atoms with van der Waals surface area (Å²) in [6, 6.07) is 11.3. The van der Waals surface area contributed by atoms with Gasteiger partial charge in [-0.15, -0.1) is 0 Å². The average Bonchev–Trinajstić information content (AvgIpc) is 2.70. The summed E-state index contributed by atoms with van der Waals surface area (Å²) >= 11 is 0. The molecule has 0 aliphatic carbocycles. The molecule has 0 unspecified atom stereocenters. The third-order valence-electron chi connectivity index (χ3n) is 3.89. The van der Waals surface area contributed by atoms with Crippen LogP contribution in [0.5, 0.6) is 5.75 Å². The zero-order valence-corrected chi connectivity index (χ0v) is 16.1. The highest BCUT2D eigenvalue weighted by atomic mass is 16.5. The Morgan fingerprint density at radius 2 is 1.68 bits per heavy atom. The van der Waals surface area contributed by atoms with E-state index in [1.807, 2.05) is 6.92 Å². The minimum Gasteiger partial charge on any atom is -0.496 e. The van der Waals surface area contributed by atoms with E-state index < -0.39 is 18.5 Å². The van der Waals surface area contributed by atoms with Crippen molar-refractivity contribution in [1.29, 1.82) is 0 Å². The summed E-state index contributed by atoms with van der Waals surface area (Å²) in [5, 5.41) is 2.60. The normalized spacial score (nSPS) is 10.2. The number of anilines is 1. The number of ketones is 1. The lowest BCUT2D eigenvalue weighted by molar-refractivity contribution is -0.119. The molecule has 28 heavy (non-hydrogen) atoms. The molecule has 0 atom stereocenters. The lowest BCUT2D eigenvalue weighted by Crippen LogP contribution is -2.21. The minimum absolute atomic E-state index is 0.0602. The van der Waals surface area contributed by atoms with Gasteiger partial charge in [-0.05, 0) is 56.3 Å². The second kappa shape index (κ2) is 10.2. The predicted molar refractivity (Wildman–Crippen MR) is 104 cm³/mol. The van der Waals surface area contributed by atoms with Crippen LogP contribution in [0.1, 0.15) is 40.1 Å². The van der Waals surface area contributed by atoms with Crippen LogP contribution in [-0.2, 0) is 20.9 Å². The number of carbonyl (C=O) groups excluding carboxylic acids is 3. The molecule has 0 saturated carbocycles. The first-order valence-corrected chi connectivity index (χ1v) is 8.77. The molecule has 0 bridgehead atoms. The van der Waals surface area contributed by atoms with Gasteiger partial charge in [0.25, 0.3) is 5.91 Å². The first-order chi connectivity index (χ1) is 13.4. The second-order valence-electron chi connectivity index (χ2n) is 5.92. The Morgan fingerprint density at radius 3 is 2.29 bits per heavy atom. The van der Waals surface area contributed by atoms with Gasteiger partial charge in [-0.25, -0.2) is 4.79 Å². The van der Waals surface area contributed by atoms with Crippen molar-refractivity contribution in [2.75, 3.05) is 25.6 Å². The molecule has 148 valence electrons. The lowest BCUT2D eigenvalue weighted by Gasteiger charge is -2.11. The molecule has 7 heteroatoms. The smallest absolute Gasteiger partial charge is 0.338 e. The number of amides is 1.